The zero-order valence-electron chi connectivity index (χ0n) is 19.6. The van der Waals surface area contributed by atoms with Crippen molar-refractivity contribution in [3.8, 4) is 17.2 Å². The van der Waals surface area contributed by atoms with Crippen LogP contribution in [0.3, 0.4) is 0 Å². The van der Waals surface area contributed by atoms with Gasteiger partial charge in [-0.05, 0) is 85.8 Å². The summed E-state index contributed by atoms with van der Waals surface area (Å²) in [4.78, 5) is 33.0. The highest BCUT2D eigenvalue weighted by Gasteiger charge is 2.24. The van der Waals surface area contributed by atoms with Crippen LogP contribution < -0.4 is 15.7 Å². The van der Waals surface area contributed by atoms with Gasteiger partial charge in [-0.3, -0.25) is 14.2 Å². The highest BCUT2D eigenvalue weighted by molar-refractivity contribution is 7.99. The number of carbonyl (C=O) groups excluding carboxylic acids is 1. The molecule has 0 radical (unpaired) electrons. The van der Waals surface area contributed by atoms with Crippen molar-refractivity contribution in [3.05, 3.63) is 74.9 Å². The van der Waals surface area contributed by atoms with E-state index in [0.717, 1.165) is 41.0 Å². The lowest BCUT2D eigenvalue weighted by Gasteiger charge is -2.13. The smallest absolute Gasteiger partial charge is 0.267 e. The fraction of sp³-hybridized carbons (Fsp3) is 0.231. The molecule has 0 saturated heterocycles. The Morgan fingerprint density at radius 1 is 1.22 bits per heavy atom. The molecule has 4 aromatic rings. The second-order valence-corrected chi connectivity index (χ2v) is 10.2. The van der Waals surface area contributed by atoms with E-state index in [9.17, 15) is 14.7 Å². The number of hydrogen-bond donors (Lipinski definition) is 2. The van der Waals surface area contributed by atoms with Gasteiger partial charge in [-0.15, -0.1) is 11.3 Å². The van der Waals surface area contributed by atoms with Gasteiger partial charge < -0.3 is 9.84 Å². The fourth-order valence-corrected chi connectivity index (χ4v) is 6.22. The minimum Gasteiger partial charge on any atom is -0.508 e. The van der Waals surface area contributed by atoms with Crippen LogP contribution in [0.4, 0.5) is 0 Å². The first-order chi connectivity index (χ1) is 17.5. The van der Waals surface area contributed by atoms with Crippen molar-refractivity contribution in [2.75, 3.05) is 12.4 Å². The zero-order chi connectivity index (χ0) is 25.1. The van der Waals surface area contributed by atoms with Gasteiger partial charge in [0, 0.05) is 4.88 Å². The van der Waals surface area contributed by atoms with Crippen molar-refractivity contribution in [1.82, 2.24) is 15.0 Å². The number of rotatable bonds is 8. The van der Waals surface area contributed by atoms with Gasteiger partial charge in [-0.25, -0.2) is 10.4 Å². The lowest BCUT2D eigenvalue weighted by molar-refractivity contribution is -0.118. The second kappa shape index (κ2) is 10.5. The van der Waals surface area contributed by atoms with E-state index in [-0.39, 0.29) is 23.0 Å². The monoisotopic (exact) mass is 520 g/mol. The minimum absolute atomic E-state index is 0.0347. The van der Waals surface area contributed by atoms with Crippen LogP contribution in [-0.4, -0.2) is 39.1 Å². The number of fused-ring (bicyclic) bond motifs is 3. The van der Waals surface area contributed by atoms with Crippen LogP contribution in [0.25, 0.3) is 15.9 Å². The average Bonchev–Trinajstić information content (AvgIpc) is 3.46. The van der Waals surface area contributed by atoms with Gasteiger partial charge in [0.05, 0.1) is 29.6 Å². The number of nitrogens with zero attached hydrogens (tertiary/aromatic N) is 3. The summed E-state index contributed by atoms with van der Waals surface area (Å²) < 4.78 is 7.13. The molecular weight excluding hydrogens is 496 g/mol. The number of phenolic OH excluding ortho intramolecular Hbond substituents is 1. The number of hydrogen-bond acceptors (Lipinski definition) is 8. The van der Waals surface area contributed by atoms with Crippen LogP contribution in [0, 0.1) is 0 Å². The van der Waals surface area contributed by atoms with E-state index in [2.05, 4.69) is 10.5 Å². The highest BCUT2D eigenvalue weighted by Crippen LogP contribution is 2.36. The molecule has 8 nitrogen and oxygen atoms in total. The van der Waals surface area contributed by atoms with E-state index < -0.39 is 0 Å². The molecule has 2 N–H and O–H groups in total. The Morgan fingerprint density at radius 2 is 2.00 bits per heavy atom. The predicted octanol–water partition coefficient (Wildman–Crippen LogP) is 4.28. The summed E-state index contributed by atoms with van der Waals surface area (Å²) in [6.07, 6.45) is 4.42. The number of benzene rings is 2. The Kier molecular flexibility index (Phi) is 7.06. The molecule has 2 aromatic carbocycles. The topological polar surface area (TPSA) is 106 Å². The molecule has 0 bridgehead atoms. The molecule has 1 aliphatic carbocycles. The molecule has 0 spiro atoms. The van der Waals surface area contributed by atoms with E-state index in [4.69, 9.17) is 9.72 Å². The molecule has 0 unspecified atom stereocenters. The van der Waals surface area contributed by atoms with E-state index in [1.807, 2.05) is 31.2 Å². The van der Waals surface area contributed by atoms with Gasteiger partial charge in [0.2, 0.25) is 0 Å². The molecule has 0 atom stereocenters. The third kappa shape index (κ3) is 5.00. The van der Waals surface area contributed by atoms with Crippen molar-refractivity contribution in [1.29, 1.82) is 0 Å². The molecule has 2 heterocycles. The lowest BCUT2D eigenvalue weighted by atomic mass is 10.2. The summed E-state index contributed by atoms with van der Waals surface area (Å²) in [6, 6.07) is 13.8. The normalized spacial score (nSPS) is 12.8. The number of hydrazone groups is 1. The zero-order valence-corrected chi connectivity index (χ0v) is 21.2. The van der Waals surface area contributed by atoms with Crippen LogP contribution in [0.15, 0.2) is 63.6 Å². The van der Waals surface area contributed by atoms with Gasteiger partial charge in [0.1, 0.15) is 16.3 Å². The Labute approximate surface area is 215 Å². The Bertz CT molecular complexity index is 1490. The van der Waals surface area contributed by atoms with Crippen LogP contribution in [0.5, 0.6) is 11.5 Å². The molecule has 0 aliphatic heterocycles. The maximum Gasteiger partial charge on any atom is 0.267 e. The summed E-state index contributed by atoms with van der Waals surface area (Å²) in [5.41, 5.74) is 4.91. The highest BCUT2D eigenvalue weighted by atomic mass is 32.2. The average molecular weight is 521 g/mol. The number of phenols is 1. The number of aromatic hydroxyl groups is 1. The van der Waals surface area contributed by atoms with Gasteiger partial charge >= 0.3 is 0 Å². The number of nitrogens with one attached hydrogen (secondary N) is 1. The number of aryl methyl sites for hydroxylation is 2. The van der Waals surface area contributed by atoms with Crippen molar-refractivity contribution in [2.45, 2.75) is 31.3 Å². The summed E-state index contributed by atoms with van der Waals surface area (Å²) in [6.45, 7) is 2.47. The molecule has 2 aromatic heterocycles. The van der Waals surface area contributed by atoms with Crippen molar-refractivity contribution in [2.24, 2.45) is 5.10 Å². The molecule has 36 heavy (non-hydrogen) atoms. The van der Waals surface area contributed by atoms with E-state index in [1.165, 1.54) is 22.9 Å². The van der Waals surface area contributed by atoms with Crippen molar-refractivity contribution < 1.29 is 14.6 Å². The van der Waals surface area contributed by atoms with Gasteiger partial charge in [-0.1, -0.05) is 11.8 Å². The van der Waals surface area contributed by atoms with Gasteiger partial charge in [0.25, 0.3) is 11.5 Å². The standard InChI is InChI=1S/C26H24N4O4S2/c1-2-34-19-12-8-17(9-13-19)30-25(33)23-20-4-3-5-21(20)36-24(23)28-26(30)35-15-22(32)29-27-14-16-6-10-18(31)11-7-16/h6-14,31H,2-5,15H2,1H3,(H,29,32). The number of aromatic nitrogens is 2. The van der Waals surface area contributed by atoms with Gasteiger partial charge in [-0.2, -0.15) is 5.10 Å². The van der Waals surface area contributed by atoms with Gasteiger partial charge in [0.15, 0.2) is 5.16 Å². The molecule has 10 heteroatoms. The lowest BCUT2D eigenvalue weighted by Crippen LogP contribution is -2.24. The molecule has 1 amide bonds. The van der Waals surface area contributed by atoms with Crippen LogP contribution in [0.1, 0.15) is 29.3 Å². The minimum atomic E-state index is -0.323. The summed E-state index contributed by atoms with van der Waals surface area (Å²) in [7, 11) is 0. The SMILES string of the molecule is CCOc1ccc(-n2c(SCC(=O)NN=Cc3ccc(O)cc3)nc3sc4c(c3c2=O)CCC4)cc1. The largest absolute Gasteiger partial charge is 0.508 e. The third-order valence-corrected chi connectivity index (χ3v) is 7.87. The van der Waals surface area contributed by atoms with E-state index in [1.54, 1.807) is 40.2 Å². The van der Waals surface area contributed by atoms with E-state index >= 15 is 0 Å². The fourth-order valence-electron chi connectivity index (χ4n) is 4.11. The Morgan fingerprint density at radius 3 is 2.75 bits per heavy atom. The summed E-state index contributed by atoms with van der Waals surface area (Å²) in [5.74, 6) is 0.593. The number of carbonyl (C=O) groups is 1. The molecule has 5 rings (SSSR count). The van der Waals surface area contributed by atoms with Crippen molar-refractivity contribution in [3.63, 3.8) is 0 Å². The first-order valence-corrected chi connectivity index (χ1v) is 13.4. The van der Waals surface area contributed by atoms with Crippen LogP contribution in [-0.2, 0) is 17.6 Å². The summed E-state index contributed by atoms with van der Waals surface area (Å²) in [5, 5.41) is 14.5. The summed E-state index contributed by atoms with van der Waals surface area (Å²) >= 11 is 2.77. The maximum absolute atomic E-state index is 13.7. The predicted molar refractivity (Wildman–Crippen MR) is 143 cm³/mol. The molecule has 0 fully saturated rings. The van der Waals surface area contributed by atoms with Crippen LogP contribution in [0.2, 0.25) is 0 Å². The number of thiophene rings is 1. The first kappa shape index (κ1) is 24.1. The van der Waals surface area contributed by atoms with Crippen molar-refractivity contribution >= 4 is 45.4 Å². The molecule has 0 saturated carbocycles. The first-order valence-electron chi connectivity index (χ1n) is 11.6. The molecule has 1 aliphatic rings. The van der Waals surface area contributed by atoms with Crippen LogP contribution >= 0.6 is 23.1 Å². The second-order valence-electron chi connectivity index (χ2n) is 8.17. The number of ether oxygens (including phenoxy) is 1. The number of amides is 1. The Balaban J connectivity index is 1.41. The number of thioether (sulfide) groups is 1. The Hall–Kier alpha value is -3.63. The quantitative estimate of drug-likeness (QED) is 0.155. The molecular formula is C26H24N4O4S2. The van der Waals surface area contributed by atoms with E-state index in [0.29, 0.717) is 22.8 Å². The maximum atomic E-state index is 13.7. The molecule has 184 valence electrons. The third-order valence-electron chi connectivity index (χ3n) is 5.74.